The van der Waals surface area contributed by atoms with E-state index in [1.54, 1.807) is 11.8 Å². The van der Waals surface area contributed by atoms with E-state index in [1.807, 2.05) is 48.2 Å². The predicted molar refractivity (Wildman–Crippen MR) is 113 cm³/mol. The molecule has 4 heteroatoms. The first-order chi connectivity index (χ1) is 12.8. The summed E-state index contributed by atoms with van der Waals surface area (Å²) in [6.07, 6.45) is 0.505. The van der Waals surface area contributed by atoms with Gasteiger partial charge >= 0.3 is 0 Å². The standard InChI is InChI=1S/C22H21NOS2/c24-22(15-16-25-20-7-3-1-4-8-20)23-19-13-11-18(12-14-19)17-26-21-9-5-2-6-10-21/h1-14H,15-17H2,(H,23,24). The smallest absolute Gasteiger partial charge is 0.225 e. The Balaban J connectivity index is 1.41. The predicted octanol–water partition coefficient (Wildman–Crippen LogP) is 6.10. The van der Waals surface area contributed by atoms with E-state index < -0.39 is 0 Å². The molecule has 0 aliphatic heterocycles. The average Bonchev–Trinajstić information content (AvgIpc) is 2.69. The van der Waals surface area contributed by atoms with Gasteiger partial charge in [-0.1, -0.05) is 48.5 Å². The first kappa shape index (κ1) is 18.6. The molecule has 0 aliphatic rings. The summed E-state index contributed by atoms with van der Waals surface area (Å²) in [5.41, 5.74) is 2.10. The molecule has 0 aliphatic carbocycles. The molecule has 0 atom stereocenters. The molecule has 0 unspecified atom stereocenters. The van der Waals surface area contributed by atoms with Gasteiger partial charge in [-0.25, -0.2) is 0 Å². The van der Waals surface area contributed by atoms with Crippen LogP contribution in [0.25, 0.3) is 0 Å². The molecule has 26 heavy (non-hydrogen) atoms. The molecule has 0 heterocycles. The van der Waals surface area contributed by atoms with E-state index >= 15 is 0 Å². The third-order valence-electron chi connectivity index (χ3n) is 3.73. The van der Waals surface area contributed by atoms with E-state index in [9.17, 15) is 4.79 Å². The van der Waals surface area contributed by atoms with Gasteiger partial charge in [-0.3, -0.25) is 4.79 Å². The van der Waals surface area contributed by atoms with Crippen molar-refractivity contribution in [2.75, 3.05) is 11.1 Å². The summed E-state index contributed by atoms with van der Waals surface area (Å²) < 4.78 is 0. The van der Waals surface area contributed by atoms with E-state index in [1.165, 1.54) is 15.4 Å². The van der Waals surface area contributed by atoms with Crippen molar-refractivity contribution in [3.8, 4) is 0 Å². The molecule has 2 nitrogen and oxygen atoms in total. The summed E-state index contributed by atoms with van der Waals surface area (Å²) in [5, 5.41) is 2.97. The van der Waals surface area contributed by atoms with Crippen LogP contribution < -0.4 is 5.32 Å². The lowest BCUT2D eigenvalue weighted by Gasteiger charge is -2.07. The maximum atomic E-state index is 12.1. The van der Waals surface area contributed by atoms with Crippen LogP contribution in [0, 0.1) is 0 Å². The minimum absolute atomic E-state index is 0.0554. The highest BCUT2D eigenvalue weighted by atomic mass is 32.2. The van der Waals surface area contributed by atoms with Gasteiger partial charge in [-0.05, 0) is 42.0 Å². The molecular formula is C22H21NOS2. The zero-order valence-corrected chi connectivity index (χ0v) is 16.1. The number of hydrogen-bond acceptors (Lipinski definition) is 3. The first-order valence-electron chi connectivity index (χ1n) is 8.54. The Morgan fingerprint density at radius 1 is 0.731 bits per heavy atom. The highest BCUT2D eigenvalue weighted by molar-refractivity contribution is 7.99. The number of thioether (sulfide) groups is 2. The average molecular weight is 380 g/mol. The lowest BCUT2D eigenvalue weighted by atomic mass is 10.2. The quantitative estimate of drug-likeness (QED) is 0.480. The molecule has 0 saturated carbocycles. The van der Waals surface area contributed by atoms with Crippen molar-refractivity contribution in [1.82, 2.24) is 0 Å². The summed E-state index contributed by atoms with van der Waals surface area (Å²) >= 11 is 3.51. The fourth-order valence-corrected chi connectivity index (χ4v) is 4.12. The van der Waals surface area contributed by atoms with Gasteiger partial charge < -0.3 is 5.32 Å². The van der Waals surface area contributed by atoms with E-state index in [0.29, 0.717) is 6.42 Å². The molecule has 1 amide bonds. The summed E-state index contributed by atoms with van der Waals surface area (Å²) in [7, 11) is 0. The van der Waals surface area contributed by atoms with Crippen LogP contribution in [0.3, 0.4) is 0 Å². The van der Waals surface area contributed by atoms with Gasteiger partial charge in [0.1, 0.15) is 0 Å². The lowest BCUT2D eigenvalue weighted by Crippen LogP contribution is -2.12. The highest BCUT2D eigenvalue weighted by Crippen LogP contribution is 2.23. The molecular weight excluding hydrogens is 358 g/mol. The summed E-state index contributed by atoms with van der Waals surface area (Å²) in [5.74, 6) is 1.76. The Morgan fingerprint density at radius 2 is 1.31 bits per heavy atom. The first-order valence-corrected chi connectivity index (χ1v) is 10.5. The van der Waals surface area contributed by atoms with Crippen LogP contribution in [0.5, 0.6) is 0 Å². The van der Waals surface area contributed by atoms with Crippen molar-refractivity contribution in [2.24, 2.45) is 0 Å². The fraction of sp³-hybridized carbons (Fsp3) is 0.136. The number of hydrogen-bond donors (Lipinski definition) is 1. The Morgan fingerprint density at radius 3 is 1.92 bits per heavy atom. The summed E-state index contributed by atoms with van der Waals surface area (Å²) in [4.78, 5) is 14.5. The van der Waals surface area contributed by atoms with E-state index in [2.05, 4.69) is 53.8 Å². The number of nitrogens with one attached hydrogen (secondary N) is 1. The molecule has 132 valence electrons. The van der Waals surface area contributed by atoms with Gasteiger partial charge in [0, 0.05) is 33.4 Å². The monoisotopic (exact) mass is 379 g/mol. The molecule has 0 spiro atoms. The molecule has 0 bridgehead atoms. The van der Waals surface area contributed by atoms with Crippen molar-refractivity contribution in [2.45, 2.75) is 22.0 Å². The van der Waals surface area contributed by atoms with Gasteiger partial charge in [0.25, 0.3) is 0 Å². The second kappa shape index (κ2) is 10.1. The maximum Gasteiger partial charge on any atom is 0.225 e. The van der Waals surface area contributed by atoms with Crippen molar-refractivity contribution < 1.29 is 4.79 Å². The highest BCUT2D eigenvalue weighted by Gasteiger charge is 2.04. The van der Waals surface area contributed by atoms with Crippen LogP contribution in [0.1, 0.15) is 12.0 Å². The van der Waals surface area contributed by atoms with E-state index in [0.717, 1.165) is 17.2 Å². The number of benzene rings is 3. The molecule has 3 aromatic rings. The van der Waals surface area contributed by atoms with Gasteiger partial charge in [0.15, 0.2) is 0 Å². The zero-order chi connectivity index (χ0) is 18.0. The Labute approximate surface area is 163 Å². The van der Waals surface area contributed by atoms with E-state index in [-0.39, 0.29) is 5.91 Å². The number of anilines is 1. The van der Waals surface area contributed by atoms with Crippen LogP contribution in [0.15, 0.2) is 94.7 Å². The summed E-state index contributed by atoms with van der Waals surface area (Å²) in [6.45, 7) is 0. The lowest BCUT2D eigenvalue weighted by molar-refractivity contribution is -0.115. The van der Waals surface area contributed by atoms with Crippen LogP contribution in [0.2, 0.25) is 0 Å². The van der Waals surface area contributed by atoms with Crippen molar-refractivity contribution in [3.05, 3.63) is 90.5 Å². The summed E-state index contributed by atoms with van der Waals surface area (Å²) in [6, 6.07) is 28.6. The van der Waals surface area contributed by atoms with E-state index in [4.69, 9.17) is 0 Å². The minimum atomic E-state index is 0.0554. The van der Waals surface area contributed by atoms with Crippen LogP contribution in [0.4, 0.5) is 5.69 Å². The van der Waals surface area contributed by atoms with Crippen LogP contribution in [-0.4, -0.2) is 11.7 Å². The molecule has 0 fully saturated rings. The number of amides is 1. The second-order valence-electron chi connectivity index (χ2n) is 5.76. The number of rotatable bonds is 8. The van der Waals surface area contributed by atoms with Gasteiger partial charge in [-0.2, -0.15) is 0 Å². The second-order valence-corrected chi connectivity index (χ2v) is 7.98. The minimum Gasteiger partial charge on any atom is -0.326 e. The maximum absolute atomic E-state index is 12.1. The third-order valence-corrected chi connectivity index (χ3v) is 5.82. The van der Waals surface area contributed by atoms with Crippen molar-refractivity contribution in [3.63, 3.8) is 0 Å². The molecule has 1 N–H and O–H groups in total. The molecule has 0 saturated heterocycles. The molecule has 3 rings (SSSR count). The van der Waals surface area contributed by atoms with Gasteiger partial charge in [0.05, 0.1) is 0 Å². The topological polar surface area (TPSA) is 29.1 Å². The van der Waals surface area contributed by atoms with Crippen molar-refractivity contribution >= 4 is 35.1 Å². The molecule has 3 aromatic carbocycles. The Hall–Kier alpha value is -2.17. The van der Waals surface area contributed by atoms with Gasteiger partial charge in [-0.15, -0.1) is 23.5 Å². The fourth-order valence-electron chi connectivity index (χ4n) is 2.37. The van der Waals surface area contributed by atoms with Crippen LogP contribution >= 0.6 is 23.5 Å². The third kappa shape index (κ3) is 6.28. The largest absolute Gasteiger partial charge is 0.326 e. The number of carbonyl (C=O) groups is 1. The Kier molecular flexibility index (Phi) is 7.23. The van der Waals surface area contributed by atoms with Gasteiger partial charge in [0.2, 0.25) is 5.91 Å². The SMILES string of the molecule is O=C(CCSc1ccccc1)Nc1ccc(CSc2ccccc2)cc1. The Bertz CT molecular complexity index is 805. The molecule has 0 aromatic heterocycles. The molecule has 0 radical (unpaired) electrons. The van der Waals surface area contributed by atoms with Crippen LogP contribution in [-0.2, 0) is 10.5 Å². The number of carbonyl (C=O) groups excluding carboxylic acids is 1. The zero-order valence-electron chi connectivity index (χ0n) is 14.4. The normalized spacial score (nSPS) is 10.5. The van der Waals surface area contributed by atoms with Crippen molar-refractivity contribution in [1.29, 1.82) is 0 Å².